The van der Waals surface area contributed by atoms with Crippen molar-refractivity contribution in [2.45, 2.75) is 38.6 Å². The Kier molecular flexibility index (Phi) is 5.21. The summed E-state index contributed by atoms with van der Waals surface area (Å²) < 4.78 is 5.35. The zero-order valence-electron chi connectivity index (χ0n) is 9.31. The molecule has 1 aliphatic rings. The van der Waals surface area contributed by atoms with E-state index >= 15 is 0 Å². The molecule has 14 heavy (non-hydrogen) atoms. The van der Waals surface area contributed by atoms with E-state index in [-0.39, 0.29) is 5.54 Å². The summed E-state index contributed by atoms with van der Waals surface area (Å²) in [5.41, 5.74) is 0.143. The fourth-order valence-electron chi connectivity index (χ4n) is 1.84. The molecule has 84 valence electrons. The first-order valence-electron chi connectivity index (χ1n) is 5.65. The van der Waals surface area contributed by atoms with Gasteiger partial charge in [-0.05, 0) is 25.2 Å². The van der Waals surface area contributed by atoms with E-state index in [1.807, 2.05) is 0 Å². The van der Waals surface area contributed by atoms with Crippen LogP contribution in [0.1, 0.15) is 33.1 Å². The fourth-order valence-corrected chi connectivity index (χ4v) is 2.31. The predicted octanol–water partition coefficient (Wildman–Crippen LogP) is 2.41. The normalized spacial score (nSPS) is 22.9. The molecule has 1 atom stereocenters. The lowest BCUT2D eigenvalue weighted by Gasteiger charge is -2.32. The Morgan fingerprint density at radius 3 is 2.57 bits per heavy atom. The number of ether oxygens (including phenoxy) is 1. The molecule has 0 aromatic rings. The minimum atomic E-state index is 0.143. The van der Waals surface area contributed by atoms with Crippen LogP contribution in [0, 0.1) is 5.92 Å². The van der Waals surface area contributed by atoms with Gasteiger partial charge in [-0.25, -0.2) is 0 Å². The first-order chi connectivity index (χ1) is 6.76. The molecule has 1 unspecified atom stereocenters. The Balaban J connectivity index is 2.31. The van der Waals surface area contributed by atoms with E-state index in [0.29, 0.717) is 11.8 Å². The molecule has 0 spiro atoms. The molecular weight excluding hydrogens is 198 g/mol. The molecular formula is C11H22ClNO. The molecule has 0 radical (unpaired) electrons. The molecule has 0 bridgehead atoms. The Bertz CT molecular complexity index is 145. The average Bonchev–Trinajstić information content (AvgIpc) is 2.74. The van der Waals surface area contributed by atoms with E-state index in [1.165, 1.54) is 6.42 Å². The topological polar surface area (TPSA) is 21.3 Å². The summed E-state index contributed by atoms with van der Waals surface area (Å²) >= 11 is 6.02. The van der Waals surface area contributed by atoms with Crippen LogP contribution in [0.4, 0.5) is 0 Å². The number of hydrogen-bond acceptors (Lipinski definition) is 2. The van der Waals surface area contributed by atoms with Crippen molar-refractivity contribution in [3.63, 3.8) is 0 Å². The second-order valence-corrected chi connectivity index (χ2v) is 4.50. The SMILES string of the molecule is CCC(CC)(CCl)NCC1CCOC1. The van der Waals surface area contributed by atoms with Gasteiger partial charge >= 0.3 is 0 Å². The zero-order chi connectivity index (χ0) is 10.4. The van der Waals surface area contributed by atoms with E-state index < -0.39 is 0 Å². The Morgan fingerprint density at radius 1 is 1.43 bits per heavy atom. The van der Waals surface area contributed by atoms with Crippen LogP contribution < -0.4 is 5.32 Å². The van der Waals surface area contributed by atoms with Gasteiger partial charge in [-0.2, -0.15) is 0 Å². The van der Waals surface area contributed by atoms with Gasteiger partial charge in [-0.1, -0.05) is 13.8 Å². The van der Waals surface area contributed by atoms with Crippen LogP contribution in [-0.4, -0.2) is 31.2 Å². The van der Waals surface area contributed by atoms with Crippen LogP contribution in [0.2, 0.25) is 0 Å². The lowest BCUT2D eigenvalue weighted by atomic mass is 9.94. The van der Waals surface area contributed by atoms with Gasteiger partial charge in [0.1, 0.15) is 0 Å². The second-order valence-electron chi connectivity index (χ2n) is 4.23. The Labute approximate surface area is 92.3 Å². The fraction of sp³-hybridized carbons (Fsp3) is 1.00. The standard InChI is InChI=1S/C11H22ClNO/c1-3-11(4-2,9-12)13-7-10-5-6-14-8-10/h10,13H,3-9H2,1-2H3. The summed E-state index contributed by atoms with van der Waals surface area (Å²) in [4.78, 5) is 0. The molecule has 0 aromatic heterocycles. The van der Waals surface area contributed by atoms with Gasteiger partial charge in [0, 0.05) is 24.6 Å². The van der Waals surface area contributed by atoms with Gasteiger partial charge in [0.05, 0.1) is 6.61 Å². The first-order valence-corrected chi connectivity index (χ1v) is 6.18. The number of nitrogens with one attached hydrogen (secondary N) is 1. The van der Waals surface area contributed by atoms with Gasteiger partial charge in [0.25, 0.3) is 0 Å². The third kappa shape index (κ3) is 3.11. The van der Waals surface area contributed by atoms with Crippen molar-refractivity contribution in [1.29, 1.82) is 0 Å². The third-order valence-corrected chi connectivity index (χ3v) is 3.91. The summed E-state index contributed by atoms with van der Waals surface area (Å²) in [5.74, 6) is 1.39. The average molecular weight is 220 g/mol. The monoisotopic (exact) mass is 219 g/mol. The molecule has 0 aliphatic carbocycles. The maximum absolute atomic E-state index is 6.02. The second kappa shape index (κ2) is 5.94. The lowest BCUT2D eigenvalue weighted by molar-refractivity contribution is 0.182. The van der Waals surface area contributed by atoms with E-state index in [9.17, 15) is 0 Å². The highest BCUT2D eigenvalue weighted by molar-refractivity contribution is 6.18. The van der Waals surface area contributed by atoms with Crippen LogP contribution >= 0.6 is 11.6 Å². The number of rotatable bonds is 6. The summed E-state index contributed by atoms with van der Waals surface area (Å²) in [6, 6.07) is 0. The molecule has 3 heteroatoms. The summed E-state index contributed by atoms with van der Waals surface area (Å²) in [6.07, 6.45) is 3.39. The summed E-state index contributed by atoms with van der Waals surface area (Å²) in [7, 11) is 0. The number of halogens is 1. The van der Waals surface area contributed by atoms with Crippen molar-refractivity contribution in [1.82, 2.24) is 5.32 Å². The van der Waals surface area contributed by atoms with Crippen LogP contribution in [0.25, 0.3) is 0 Å². The van der Waals surface area contributed by atoms with E-state index in [1.54, 1.807) is 0 Å². The van der Waals surface area contributed by atoms with Gasteiger partial charge < -0.3 is 10.1 Å². The maximum Gasteiger partial charge on any atom is 0.0507 e. The molecule has 1 rings (SSSR count). The molecule has 0 saturated carbocycles. The van der Waals surface area contributed by atoms with Crippen molar-refractivity contribution >= 4 is 11.6 Å². The van der Waals surface area contributed by atoms with Gasteiger partial charge in [0.15, 0.2) is 0 Å². The lowest BCUT2D eigenvalue weighted by Crippen LogP contribution is -2.48. The van der Waals surface area contributed by atoms with Crippen molar-refractivity contribution in [2.24, 2.45) is 5.92 Å². The van der Waals surface area contributed by atoms with E-state index in [4.69, 9.17) is 16.3 Å². The Morgan fingerprint density at radius 2 is 2.14 bits per heavy atom. The van der Waals surface area contributed by atoms with Crippen LogP contribution in [0.5, 0.6) is 0 Å². The van der Waals surface area contributed by atoms with E-state index in [2.05, 4.69) is 19.2 Å². The zero-order valence-corrected chi connectivity index (χ0v) is 10.1. The highest BCUT2D eigenvalue weighted by Crippen LogP contribution is 2.19. The minimum absolute atomic E-state index is 0.143. The predicted molar refractivity (Wildman–Crippen MR) is 61.0 cm³/mol. The molecule has 1 aliphatic heterocycles. The van der Waals surface area contributed by atoms with Crippen molar-refractivity contribution in [3.8, 4) is 0 Å². The number of hydrogen-bond donors (Lipinski definition) is 1. The maximum atomic E-state index is 6.02. The van der Waals surface area contributed by atoms with Crippen LogP contribution in [0.3, 0.4) is 0 Å². The molecule has 1 fully saturated rings. The number of alkyl halides is 1. The highest BCUT2D eigenvalue weighted by Gasteiger charge is 2.26. The van der Waals surface area contributed by atoms with Gasteiger partial charge in [-0.15, -0.1) is 11.6 Å². The van der Waals surface area contributed by atoms with Crippen molar-refractivity contribution in [3.05, 3.63) is 0 Å². The molecule has 0 amide bonds. The third-order valence-electron chi connectivity index (χ3n) is 3.40. The molecule has 1 N–H and O–H groups in total. The molecule has 2 nitrogen and oxygen atoms in total. The van der Waals surface area contributed by atoms with Crippen LogP contribution in [-0.2, 0) is 4.74 Å². The van der Waals surface area contributed by atoms with Gasteiger partial charge in [-0.3, -0.25) is 0 Å². The van der Waals surface area contributed by atoms with Crippen LogP contribution in [0.15, 0.2) is 0 Å². The molecule has 1 saturated heterocycles. The van der Waals surface area contributed by atoms with Crippen molar-refractivity contribution < 1.29 is 4.74 Å². The van der Waals surface area contributed by atoms with Gasteiger partial charge in [0.2, 0.25) is 0 Å². The largest absolute Gasteiger partial charge is 0.381 e. The quantitative estimate of drug-likeness (QED) is 0.693. The molecule has 0 aromatic carbocycles. The highest BCUT2D eigenvalue weighted by atomic mass is 35.5. The summed E-state index contributed by atoms with van der Waals surface area (Å²) in [6.45, 7) is 7.29. The molecule has 1 heterocycles. The Hall–Kier alpha value is 0.210. The van der Waals surface area contributed by atoms with E-state index in [0.717, 1.165) is 32.6 Å². The summed E-state index contributed by atoms with van der Waals surface area (Å²) in [5, 5.41) is 3.61. The minimum Gasteiger partial charge on any atom is -0.381 e. The smallest absolute Gasteiger partial charge is 0.0507 e. The van der Waals surface area contributed by atoms with Crippen molar-refractivity contribution in [2.75, 3.05) is 25.6 Å². The first kappa shape index (κ1) is 12.3.